The van der Waals surface area contributed by atoms with E-state index in [9.17, 15) is 4.79 Å². The molecule has 2 aliphatic heterocycles. The van der Waals surface area contributed by atoms with E-state index in [1.807, 2.05) is 30.4 Å². The first-order valence-corrected chi connectivity index (χ1v) is 10.7. The van der Waals surface area contributed by atoms with Gasteiger partial charge < -0.3 is 24.4 Å². The topological polar surface area (TPSA) is 60.0 Å². The van der Waals surface area contributed by atoms with Gasteiger partial charge in [0.05, 0.1) is 18.2 Å². The van der Waals surface area contributed by atoms with Crippen molar-refractivity contribution in [3.63, 3.8) is 0 Å². The highest BCUT2D eigenvalue weighted by Crippen LogP contribution is 2.52. The molecule has 0 bridgehead atoms. The zero-order valence-electron chi connectivity index (χ0n) is 19.5. The molecule has 0 radical (unpaired) electrons. The van der Waals surface area contributed by atoms with Crippen molar-refractivity contribution in [1.82, 2.24) is 4.90 Å². The Morgan fingerprint density at radius 1 is 1.22 bits per heavy atom. The van der Waals surface area contributed by atoms with Gasteiger partial charge in [-0.1, -0.05) is 18.2 Å². The van der Waals surface area contributed by atoms with Crippen molar-refractivity contribution < 1.29 is 19.0 Å². The Labute approximate surface area is 189 Å². The molecule has 0 saturated heterocycles. The van der Waals surface area contributed by atoms with Crippen LogP contribution >= 0.6 is 0 Å². The Bertz CT molecular complexity index is 1120. The van der Waals surface area contributed by atoms with Crippen LogP contribution in [0.4, 0.5) is 10.5 Å². The number of carbonyl (C=O) groups is 1. The average Bonchev–Trinajstić information content (AvgIpc) is 2.74. The first-order valence-electron chi connectivity index (χ1n) is 10.7. The molecule has 2 aromatic carbocycles. The predicted molar refractivity (Wildman–Crippen MR) is 127 cm³/mol. The lowest BCUT2D eigenvalue weighted by molar-refractivity contribution is 0.129. The summed E-state index contributed by atoms with van der Waals surface area (Å²) in [5.74, 6) is 1.54. The van der Waals surface area contributed by atoms with E-state index >= 15 is 0 Å². The van der Waals surface area contributed by atoms with Gasteiger partial charge in [-0.15, -0.1) is 0 Å². The number of nitrogens with one attached hydrogen (secondary N) is 1. The quantitative estimate of drug-likeness (QED) is 0.630. The van der Waals surface area contributed by atoms with Gasteiger partial charge in [-0.05, 0) is 62.3 Å². The predicted octanol–water partition coefficient (Wildman–Crippen LogP) is 5.66. The van der Waals surface area contributed by atoms with Gasteiger partial charge in [0.2, 0.25) is 0 Å². The normalized spacial score (nSPS) is 17.8. The maximum atomic E-state index is 11.7. The van der Waals surface area contributed by atoms with E-state index in [1.165, 1.54) is 10.5 Å². The second-order valence-corrected chi connectivity index (χ2v) is 8.89. The number of rotatable bonds is 4. The van der Waals surface area contributed by atoms with Crippen molar-refractivity contribution in [3.8, 4) is 22.6 Å². The number of hydrogen-bond acceptors (Lipinski definition) is 5. The molecule has 1 amide bonds. The van der Waals surface area contributed by atoms with E-state index in [-0.39, 0.29) is 24.3 Å². The Kier molecular flexibility index (Phi) is 5.63. The van der Waals surface area contributed by atoms with E-state index in [2.05, 4.69) is 44.3 Å². The summed E-state index contributed by atoms with van der Waals surface area (Å²) in [7, 11) is 4.99. The van der Waals surface area contributed by atoms with Gasteiger partial charge in [0.25, 0.3) is 0 Å². The Hall–Kier alpha value is -3.41. The molecule has 2 heterocycles. The fourth-order valence-electron chi connectivity index (χ4n) is 4.46. The second kappa shape index (κ2) is 8.26. The summed E-state index contributed by atoms with van der Waals surface area (Å²) >= 11 is 0. The fraction of sp³-hybridized carbons (Fsp3) is 0.346. The Morgan fingerprint density at radius 3 is 2.72 bits per heavy atom. The van der Waals surface area contributed by atoms with Crippen LogP contribution in [0.15, 0.2) is 48.6 Å². The van der Waals surface area contributed by atoms with Crippen LogP contribution in [0.5, 0.6) is 11.5 Å². The number of benzene rings is 2. The lowest BCUT2D eigenvalue weighted by Crippen LogP contribution is -2.32. The summed E-state index contributed by atoms with van der Waals surface area (Å²) < 4.78 is 17.4. The summed E-state index contributed by atoms with van der Waals surface area (Å²) in [6, 6.07) is 10.1. The van der Waals surface area contributed by atoms with Gasteiger partial charge in [-0.2, -0.15) is 0 Å². The number of nitrogens with zero attached hydrogens (tertiary/aromatic N) is 1. The van der Waals surface area contributed by atoms with Crippen molar-refractivity contribution in [1.29, 1.82) is 0 Å². The molecular weight excluding hydrogens is 404 g/mol. The van der Waals surface area contributed by atoms with Crippen LogP contribution in [-0.2, 0) is 4.74 Å². The summed E-state index contributed by atoms with van der Waals surface area (Å²) in [4.78, 5) is 13.1. The van der Waals surface area contributed by atoms with Crippen LogP contribution in [0.3, 0.4) is 0 Å². The highest BCUT2D eigenvalue weighted by atomic mass is 16.6. The summed E-state index contributed by atoms with van der Waals surface area (Å²) in [5.41, 5.74) is 6.38. The van der Waals surface area contributed by atoms with Gasteiger partial charge in [0.1, 0.15) is 24.2 Å². The van der Waals surface area contributed by atoms with E-state index in [4.69, 9.17) is 14.2 Å². The minimum Gasteiger partial charge on any atom is -0.496 e. The van der Waals surface area contributed by atoms with Crippen LogP contribution in [-0.4, -0.2) is 44.3 Å². The van der Waals surface area contributed by atoms with Crippen LogP contribution in [0.25, 0.3) is 16.7 Å². The van der Waals surface area contributed by atoms with E-state index < -0.39 is 0 Å². The maximum absolute atomic E-state index is 11.7. The molecule has 1 N–H and O–H groups in total. The molecule has 6 nitrogen and oxygen atoms in total. The molecule has 1 atom stereocenters. The van der Waals surface area contributed by atoms with Crippen molar-refractivity contribution >= 4 is 17.4 Å². The zero-order valence-corrected chi connectivity index (χ0v) is 19.5. The third kappa shape index (κ3) is 3.93. The van der Waals surface area contributed by atoms with Gasteiger partial charge in [-0.25, -0.2) is 4.79 Å². The van der Waals surface area contributed by atoms with Gasteiger partial charge in [0, 0.05) is 30.9 Å². The number of carbonyl (C=O) groups excluding carboxylic acids is 1. The molecule has 0 fully saturated rings. The van der Waals surface area contributed by atoms with Crippen molar-refractivity contribution in [2.45, 2.75) is 32.4 Å². The summed E-state index contributed by atoms with van der Waals surface area (Å²) in [6.07, 6.45) is 5.32. The molecule has 168 valence electrons. The number of methoxy groups -OCH3 is 1. The molecular formula is C26H30N2O4. The minimum absolute atomic E-state index is 0.137. The van der Waals surface area contributed by atoms with E-state index in [0.29, 0.717) is 0 Å². The van der Waals surface area contributed by atoms with Crippen LogP contribution < -0.4 is 14.8 Å². The molecule has 2 aliphatic rings. The number of fused-ring (bicyclic) bond motifs is 5. The van der Waals surface area contributed by atoms with Gasteiger partial charge >= 0.3 is 6.09 Å². The average molecular weight is 435 g/mol. The SMILES string of the molecule is COc1cccc2c1-c1ccc3c(c1C(/C=C/COC(=O)N(C)C)O2)C(C)=CC(C)(C)N3. The first kappa shape index (κ1) is 21.8. The number of ether oxygens (including phenoxy) is 3. The number of amides is 1. The molecule has 6 heteroatoms. The molecule has 0 aromatic heterocycles. The molecule has 0 aliphatic carbocycles. The second-order valence-electron chi connectivity index (χ2n) is 8.89. The lowest BCUT2D eigenvalue weighted by Gasteiger charge is -2.36. The molecule has 32 heavy (non-hydrogen) atoms. The minimum atomic E-state index is -0.378. The number of allylic oxidation sites excluding steroid dienone is 1. The fourth-order valence-corrected chi connectivity index (χ4v) is 4.46. The van der Waals surface area contributed by atoms with Crippen molar-refractivity contribution in [3.05, 3.63) is 59.7 Å². The zero-order chi connectivity index (χ0) is 23.0. The number of anilines is 1. The molecule has 0 saturated carbocycles. The highest BCUT2D eigenvalue weighted by molar-refractivity contribution is 5.91. The monoisotopic (exact) mass is 434 g/mol. The summed E-state index contributed by atoms with van der Waals surface area (Å²) in [6.45, 7) is 6.62. The standard InChI is InChI=1S/C26H30N2O4/c1-16-15-26(2,3)27-18-13-12-17-23-19(30-6)9-7-10-20(23)32-21(24(17)22(16)18)11-8-14-31-25(29)28(4)5/h7-13,15,21,27H,14H2,1-6H3/b11-8+. The maximum Gasteiger partial charge on any atom is 0.409 e. The molecule has 2 aromatic rings. The van der Waals surface area contributed by atoms with Gasteiger partial charge in [0.15, 0.2) is 0 Å². The molecule has 0 spiro atoms. The number of hydrogen-bond donors (Lipinski definition) is 1. The van der Waals surface area contributed by atoms with Crippen LogP contribution in [0.2, 0.25) is 0 Å². The first-order chi connectivity index (χ1) is 15.2. The molecule has 1 unspecified atom stereocenters. The van der Waals surface area contributed by atoms with Crippen LogP contribution in [0.1, 0.15) is 38.0 Å². The smallest absolute Gasteiger partial charge is 0.409 e. The third-order valence-electron chi connectivity index (χ3n) is 5.67. The third-order valence-corrected chi connectivity index (χ3v) is 5.67. The largest absolute Gasteiger partial charge is 0.496 e. The van der Waals surface area contributed by atoms with Crippen molar-refractivity contribution in [2.24, 2.45) is 0 Å². The van der Waals surface area contributed by atoms with Crippen molar-refractivity contribution in [2.75, 3.05) is 33.1 Å². The Morgan fingerprint density at radius 2 is 2.00 bits per heavy atom. The lowest BCUT2D eigenvalue weighted by atomic mass is 9.81. The summed E-state index contributed by atoms with van der Waals surface area (Å²) in [5, 5.41) is 3.62. The van der Waals surface area contributed by atoms with E-state index in [0.717, 1.165) is 39.4 Å². The van der Waals surface area contributed by atoms with E-state index in [1.54, 1.807) is 21.2 Å². The highest BCUT2D eigenvalue weighted by Gasteiger charge is 2.33. The van der Waals surface area contributed by atoms with Crippen LogP contribution in [0, 0.1) is 0 Å². The molecule has 4 rings (SSSR count). The van der Waals surface area contributed by atoms with Gasteiger partial charge in [-0.3, -0.25) is 0 Å². The Balaban J connectivity index is 1.81.